The Morgan fingerprint density at radius 3 is 2.68 bits per heavy atom. The van der Waals surface area contributed by atoms with Gasteiger partial charge in [-0.1, -0.05) is 36.3 Å². The topological polar surface area (TPSA) is 60.2 Å². The number of hydrogen-bond donors (Lipinski definition) is 0. The summed E-state index contributed by atoms with van der Waals surface area (Å²) in [4.78, 5) is 21.2. The predicted octanol–water partition coefficient (Wildman–Crippen LogP) is 6.23. The molecule has 10 heteroatoms. The summed E-state index contributed by atoms with van der Waals surface area (Å²) >= 11 is 1.39. The van der Waals surface area contributed by atoms with Gasteiger partial charge in [-0.05, 0) is 50.1 Å². The van der Waals surface area contributed by atoms with Crippen molar-refractivity contribution < 1.29 is 22.7 Å². The molecule has 1 aromatic carbocycles. The molecule has 1 aliphatic carbocycles. The first-order valence-electron chi connectivity index (χ1n) is 13.6. The van der Waals surface area contributed by atoms with Crippen molar-refractivity contribution in [3.63, 3.8) is 0 Å². The zero-order chi connectivity index (χ0) is 26.7. The largest absolute Gasteiger partial charge is 0.470 e. The van der Waals surface area contributed by atoms with Gasteiger partial charge in [-0.15, -0.1) is 0 Å². The molecule has 2 aromatic heterocycles. The zero-order valence-electron chi connectivity index (χ0n) is 21.8. The molecular formula is C28H35F3N4O2S. The summed E-state index contributed by atoms with van der Waals surface area (Å²) in [5.41, 5.74) is 2.64. The number of nitrogens with zero attached hydrogens (tertiary/aromatic N) is 4. The Hall–Kier alpha value is -2.46. The molecule has 1 saturated carbocycles. The second kappa shape index (κ2) is 11.7. The molecule has 5 rings (SSSR count). The quantitative estimate of drug-likeness (QED) is 0.297. The molecule has 0 bridgehead atoms. The van der Waals surface area contributed by atoms with Gasteiger partial charge in [-0.2, -0.15) is 18.3 Å². The first-order chi connectivity index (χ1) is 18.2. The molecule has 0 spiro atoms. The average Bonchev–Trinajstić information content (AvgIpc) is 3.39. The standard InChI is InChI=1S/C28H35F3N4O2S/c1-34-18-22-21(3-2-4-23(22)33-34)25(36)17-20-7-5-19(6-8-20)9-13-35-14-10-24-26(11-15-35)38-27(32-24)37-16-12-28(29,30)31/h2-4,18-20H,5-17H2,1H3. The number of fused-ring (bicyclic) bond motifs is 2. The van der Waals surface area contributed by atoms with Crippen LogP contribution in [0, 0.1) is 11.8 Å². The van der Waals surface area contributed by atoms with E-state index in [4.69, 9.17) is 4.74 Å². The highest BCUT2D eigenvalue weighted by atomic mass is 32.1. The SMILES string of the molecule is Cn1cc2c(C(=O)CC3CCC(CCN4CCc5nc(OCCC(F)(F)F)sc5CC4)CC3)cccc2n1. The molecule has 2 aliphatic rings. The number of ether oxygens (including phenoxy) is 1. The van der Waals surface area contributed by atoms with Crippen LogP contribution < -0.4 is 4.74 Å². The fraction of sp³-hybridized carbons (Fsp3) is 0.607. The van der Waals surface area contributed by atoms with E-state index in [1.54, 1.807) is 4.68 Å². The average molecular weight is 549 g/mol. The van der Waals surface area contributed by atoms with Crippen LogP contribution in [0.3, 0.4) is 0 Å². The molecule has 3 aromatic rings. The number of hydrogen-bond acceptors (Lipinski definition) is 6. The Labute approximate surface area is 225 Å². The smallest absolute Gasteiger partial charge is 0.392 e. The minimum atomic E-state index is -4.21. The molecule has 3 heterocycles. The van der Waals surface area contributed by atoms with Crippen LogP contribution in [0.5, 0.6) is 5.19 Å². The number of thiazole rings is 1. The van der Waals surface area contributed by atoms with Crippen molar-refractivity contribution in [1.82, 2.24) is 19.7 Å². The number of benzene rings is 1. The minimum absolute atomic E-state index is 0.228. The van der Waals surface area contributed by atoms with Crippen LogP contribution in [0.2, 0.25) is 0 Å². The van der Waals surface area contributed by atoms with E-state index in [1.807, 2.05) is 31.4 Å². The van der Waals surface area contributed by atoms with Gasteiger partial charge in [0.1, 0.15) is 0 Å². The maximum Gasteiger partial charge on any atom is 0.392 e. The van der Waals surface area contributed by atoms with E-state index in [0.29, 0.717) is 23.5 Å². The predicted molar refractivity (Wildman–Crippen MR) is 142 cm³/mol. The van der Waals surface area contributed by atoms with Crippen LogP contribution >= 0.6 is 11.3 Å². The Bertz CT molecular complexity index is 1220. The highest BCUT2D eigenvalue weighted by molar-refractivity contribution is 7.13. The summed E-state index contributed by atoms with van der Waals surface area (Å²) in [6.07, 6.45) is 4.81. The highest BCUT2D eigenvalue weighted by Gasteiger charge is 2.28. The molecule has 0 radical (unpaired) electrons. The number of rotatable bonds is 9. The number of carbonyl (C=O) groups is 1. The van der Waals surface area contributed by atoms with Crippen LogP contribution in [-0.4, -0.2) is 57.9 Å². The molecule has 6 nitrogen and oxygen atoms in total. The molecule has 0 amide bonds. The number of carbonyl (C=O) groups excluding carboxylic acids is 1. The summed E-state index contributed by atoms with van der Waals surface area (Å²) in [6, 6.07) is 5.80. The van der Waals surface area contributed by atoms with Crippen molar-refractivity contribution in [2.75, 3.05) is 26.2 Å². The van der Waals surface area contributed by atoms with E-state index in [1.165, 1.54) is 30.6 Å². The molecule has 1 fully saturated rings. The number of aromatic nitrogens is 3. The van der Waals surface area contributed by atoms with E-state index >= 15 is 0 Å². The zero-order valence-corrected chi connectivity index (χ0v) is 22.6. The van der Waals surface area contributed by atoms with E-state index in [-0.39, 0.29) is 12.4 Å². The van der Waals surface area contributed by atoms with Gasteiger partial charge in [0.2, 0.25) is 0 Å². The first-order valence-corrected chi connectivity index (χ1v) is 14.4. The van der Waals surface area contributed by atoms with E-state index in [2.05, 4.69) is 15.0 Å². The van der Waals surface area contributed by atoms with Crippen molar-refractivity contribution >= 4 is 28.0 Å². The molecule has 38 heavy (non-hydrogen) atoms. The first kappa shape index (κ1) is 27.1. The molecule has 206 valence electrons. The normalized spacial score (nSPS) is 20.8. The third kappa shape index (κ3) is 6.94. The summed E-state index contributed by atoms with van der Waals surface area (Å²) in [5, 5.41) is 5.73. The Balaban J connectivity index is 1.03. The Kier molecular flexibility index (Phi) is 8.38. The second-order valence-corrected chi connectivity index (χ2v) is 11.8. The molecule has 0 N–H and O–H groups in total. The van der Waals surface area contributed by atoms with Gasteiger partial charge in [0.05, 0.1) is 24.2 Å². The lowest BCUT2D eigenvalue weighted by Crippen LogP contribution is -2.29. The maximum absolute atomic E-state index is 13.1. The maximum atomic E-state index is 13.1. The fourth-order valence-electron chi connectivity index (χ4n) is 5.79. The molecule has 0 unspecified atom stereocenters. The summed E-state index contributed by atoms with van der Waals surface area (Å²) in [7, 11) is 1.88. The van der Waals surface area contributed by atoms with Crippen molar-refractivity contribution in [3.8, 4) is 5.19 Å². The van der Waals surface area contributed by atoms with Crippen LogP contribution in [-0.2, 0) is 19.9 Å². The van der Waals surface area contributed by atoms with Gasteiger partial charge in [-0.3, -0.25) is 9.48 Å². The molecule has 1 aliphatic heterocycles. The summed E-state index contributed by atoms with van der Waals surface area (Å²) in [6.45, 7) is 2.55. The number of Topliss-reactive ketones (excluding diaryl/α,β-unsaturated/α-hetero) is 1. The van der Waals surface area contributed by atoms with Crippen molar-refractivity contribution in [2.24, 2.45) is 18.9 Å². The lowest BCUT2D eigenvalue weighted by atomic mass is 9.78. The van der Waals surface area contributed by atoms with Gasteiger partial charge in [0.25, 0.3) is 5.19 Å². The minimum Gasteiger partial charge on any atom is -0.470 e. The summed E-state index contributed by atoms with van der Waals surface area (Å²) in [5.74, 6) is 1.39. The summed E-state index contributed by atoms with van der Waals surface area (Å²) < 4.78 is 44.1. The van der Waals surface area contributed by atoms with Gasteiger partial charge < -0.3 is 9.64 Å². The van der Waals surface area contributed by atoms with Crippen molar-refractivity contribution in [2.45, 2.75) is 64.0 Å². The van der Waals surface area contributed by atoms with Crippen LogP contribution in [0.25, 0.3) is 10.9 Å². The van der Waals surface area contributed by atoms with Crippen LogP contribution in [0.1, 0.15) is 65.9 Å². The number of halogens is 3. The third-order valence-electron chi connectivity index (χ3n) is 7.95. The Morgan fingerprint density at radius 1 is 1.13 bits per heavy atom. The molecule has 0 atom stereocenters. The lowest BCUT2D eigenvalue weighted by molar-refractivity contribution is -0.139. The van der Waals surface area contributed by atoms with Gasteiger partial charge in [0, 0.05) is 55.0 Å². The fourth-order valence-corrected chi connectivity index (χ4v) is 6.76. The lowest BCUT2D eigenvalue weighted by Gasteiger charge is -2.30. The van der Waals surface area contributed by atoms with Gasteiger partial charge in [-0.25, -0.2) is 4.98 Å². The third-order valence-corrected chi connectivity index (χ3v) is 9.02. The van der Waals surface area contributed by atoms with Gasteiger partial charge >= 0.3 is 6.18 Å². The van der Waals surface area contributed by atoms with Crippen LogP contribution in [0.15, 0.2) is 24.4 Å². The van der Waals surface area contributed by atoms with Gasteiger partial charge in [0.15, 0.2) is 5.78 Å². The Morgan fingerprint density at radius 2 is 1.89 bits per heavy atom. The second-order valence-electron chi connectivity index (χ2n) is 10.7. The van der Waals surface area contributed by atoms with Crippen molar-refractivity contribution in [3.05, 3.63) is 40.5 Å². The number of alkyl halides is 3. The number of aryl methyl sites for hydroxylation is 1. The highest BCUT2D eigenvalue weighted by Crippen LogP contribution is 2.35. The number of ketones is 1. The van der Waals surface area contributed by atoms with E-state index in [0.717, 1.165) is 72.4 Å². The van der Waals surface area contributed by atoms with E-state index in [9.17, 15) is 18.0 Å². The molecule has 0 saturated heterocycles. The monoisotopic (exact) mass is 548 g/mol. The van der Waals surface area contributed by atoms with E-state index < -0.39 is 12.6 Å². The van der Waals surface area contributed by atoms with Crippen molar-refractivity contribution in [1.29, 1.82) is 0 Å². The molecular weight excluding hydrogens is 513 g/mol. The van der Waals surface area contributed by atoms with Crippen LogP contribution in [0.4, 0.5) is 13.2 Å².